The van der Waals surface area contributed by atoms with Crippen molar-refractivity contribution in [2.24, 2.45) is 5.73 Å². The molecule has 1 aromatic rings. The standard InChI is InChI=1S/C9H11F2NOS/c10-9(11)14-7-3-1-6(2-4-7)8(13)5-12/h1-4,8-9,13H,5,12H2/t8-/m1/s1. The second-order valence-electron chi connectivity index (χ2n) is 2.70. The van der Waals surface area contributed by atoms with Gasteiger partial charge in [0, 0.05) is 11.4 Å². The largest absolute Gasteiger partial charge is 0.387 e. The molecule has 0 bridgehead atoms. The highest BCUT2D eigenvalue weighted by atomic mass is 32.2. The third kappa shape index (κ3) is 3.25. The first-order valence-corrected chi connectivity index (χ1v) is 4.94. The lowest BCUT2D eigenvalue weighted by atomic mass is 10.1. The van der Waals surface area contributed by atoms with Gasteiger partial charge in [-0.1, -0.05) is 23.9 Å². The maximum atomic E-state index is 11.9. The molecule has 0 unspecified atom stereocenters. The molecule has 2 nitrogen and oxygen atoms in total. The van der Waals surface area contributed by atoms with Crippen LogP contribution in [0.15, 0.2) is 29.2 Å². The van der Waals surface area contributed by atoms with E-state index in [4.69, 9.17) is 5.73 Å². The fourth-order valence-electron chi connectivity index (χ4n) is 1.01. The van der Waals surface area contributed by atoms with Crippen molar-refractivity contribution in [3.8, 4) is 0 Å². The van der Waals surface area contributed by atoms with Crippen LogP contribution in [-0.4, -0.2) is 17.4 Å². The van der Waals surface area contributed by atoms with Gasteiger partial charge < -0.3 is 10.8 Å². The van der Waals surface area contributed by atoms with E-state index in [1.165, 1.54) is 0 Å². The average Bonchev–Trinajstić information content (AvgIpc) is 2.17. The van der Waals surface area contributed by atoms with Crippen molar-refractivity contribution in [3.05, 3.63) is 29.8 Å². The van der Waals surface area contributed by atoms with Crippen molar-refractivity contribution >= 4 is 11.8 Å². The SMILES string of the molecule is NC[C@@H](O)c1ccc(SC(F)F)cc1. The number of aliphatic hydroxyl groups is 1. The first kappa shape index (κ1) is 11.4. The van der Waals surface area contributed by atoms with Crippen LogP contribution in [0.2, 0.25) is 0 Å². The van der Waals surface area contributed by atoms with E-state index in [1.807, 2.05) is 0 Å². The summed E-state index contributed by atoms with van der Waals surface area (Å²) in [7, 11) is 0. The maximum absolute atomic E-state index is 11.9. The molecule has 1 atom stereocenters. The molecule has 14 heavy (non-hydrogen) atoms. The summed E-state index contributed by atoms with van der Waals surface area (Å²) >= 11 is 0.480. The van der Waals surface area contributed by atoms with Crippen molar-refractivity contribution < 1.29 is 13.9 Å². The van der Waals surface area contributed by atoms with Crippen molar-refractivity contribution in [1.29, 1.82) is 0 Å². The third-order valence-electron chi connectivity index (χ3n) is 1.71. The van der Waals surface area contributed by atoms with E-state index in [2.05, 4.69) is 0 Å². The number of alkyl halides is 2. The molecular weight excluding hydrogens is 208 g/mol. The molecule has 0 aromatic heterocycles. The number of benzene rings is 1. The highest BCUT2D eigenvalue weighted by molar-refractivity contribution is 7.99. The summed E-state index contributed by atoms with van der Waals surface area (Å²) in [5, 5.41) is 9.32. The van der Waals surface area contributed by atoms with Gasteiger partial charge in [-0.2, -0.15) is 8.78 Å². The van der Waals surface area contributed by atoms with Crippen LogP contribution < -0.4 is 5.73 Å². The van der Waals surface area contributed by atoms with Crippen molar-refractivity contribution in [2.75, 3.05) is 6.54 Å². The number of hydrogen-bond acceptors (Lipinski definition) is 3. The zero-order chi connectivity index (χ0) is 10.6. The van der Waals surface area contributed by atoms with Crippen molar-refractivity contribution in [3.63, 3.8) is 0 Å². The molecule has 78 valence electrons. The average molecular weight is 219 g/mol. The molecule has 0 aliphatic heterocycles. The van der Waals surface area contributed by atoms with E-state index in [-0.39, 0.29) is 6.54 Å². The lowest BCUT2D eigenvalue weighted by molar-refractivity contribution is 0.186. The number of aliphatic hydroxyl groups excluding tert-OH is 1. The number of hydrogen-bond donors (Lipinski definition) is 2. The second kappa shape index (κ2) is 5.29. The minimum atomic E-state index is -2.42. The van der Waals surface area contributed by atoms with Gasteiger partial charge in [0.1, 0.15) is 0 Å². The zero-order valence-electron chi connectivity index (χ0n) is 7.36. The Morgan fingerprint density at radius 2 is 1.86 bits per heavy atom. The van der Waals surface area contributed by atoms with Gasteiger partial charge in [0.05, 0.1) is 6.10 Å². The Morgan fingerprint density at radius 3 is 2.29 bits per heavy atom. The summed E-state index contributed by atoms with van der Waals surface area (Å²) in [5.41, 5.74) is 5.89. The molecule has 5 heteroatoms. The van der Waals surface area contributed by atoms with Gasteiger partial charge in [0.15, 0.2) is 0 Å². The van der Waals surface area contributed by atoms with E-state index in [9.17, 15) is 13.9 Å². The Morgan fingerprint density at radius 1 is 1.29 bits per heavy atom. The summed E-state index contributed by atoms with van der Waals surface area (Å²) in [4.78, 5) is 0.480. The van der Waals surface area contributed by atoms with E-state index >= 15 is 0 Å². The smallest absolute Gasteiger partial charge is 0.288 e. The second-order valence-corrected chi connectivity index (χ2v) is 3.76. The molecule has 0 radical (unpaired) electrons. The van der Waals surface area contributed by atoms with Gasteiger partial charge in [-0.05, 0) is 17.7 Å². The normalized spacial score (nSPS) is 13.2. The zero-order valence-corrected chi connectivity index (χ0v) is 8.18. The van der Waals surface area contributed by atoms with E-state index in [0.29, 0.717) is 22.2 Å². The number of halogens is 2. The third-order valence-corrected chi connectivity index (χ3v) is 2.44. The fourth-order valence-corrected chi connectivity index (χ4v) is 1.51. The molecule has 0 spiro atoms. The Bertz CT molecular complexity index is 279. The molecule has 3 N–H and O–H groups in total. The molecule has 0 aliphatic carbocycles. The van der Waals surface area contributed by atoms with Crippen LogP contribution >= 0.6 is 11.8 Å². The molecule has 0 heterocycles. The van der Waals surface area contributed by atoms with Crippen LogP contribution in [0, 0.1) is 0 Å². The fraction of sp³-hybridized carbons (Fsp3) is 0.333. The Labute approximate surface area is 85.1 Å². The van der Waals surface area contributed by atoms with E-state index < -0.39 is 11.9 Å². The van der Waals surface area contributed by atoms with Gasteiger partial charge >= 0.3 is 0 Å². The minimum absolute atomic E-state index is 0.126. The van der Waals surface area contributed by atoms with Crippen LogP contribution in [0.1, 0.15) is 11.7 Å². The lowest BCUT2D eigenvalue weighted by Crippen LogP contribution is -2.11. The minimum Gasteiger partial charge on any atom is -0.387 e. The Kier molecular flexibility index (Phi) is 4.31. The predicted molar refractivity (Wildman–Crippen MR) is 52.3 cm³/mol. The summed E-state index contributed by atoms with van der Waals surface area (Å²) < 4.78 is 23.9. The van der Waals surface area contributed by atoms with Gasteiger partial charge in [-0.3, -0.25) is 0 Å². The summed E-state index contributed by atoms with van der Waals surface area (Å²) in [5.74, 6) is -2.42. The van der Waals surface area contributed by atoms with Crippen molar-refractivity contribution in [2.45, 2.75) is 16.8 Å². The molecule has 0 aliphatic rings. The molecule has 1 aromatic carbocycles. The quantitative estimate of drug-likeness (QED) is 0.761. The molecular formula is C9H11F2NOS. The topological polar surface area (TPSA) is 46.2 Å². The van der Waals surface area contributed by atoms with Crippen molar-refractivity contribution in [1.82, 2.24) is 0 Å². The Hall–Kier alpha value is -0.650. The molecule has 0 amide bonds. The van der Waals surface area contributed by atoms with Crippen LogP contribution in [-0.2, 0) is 0 Å². The summed E-state index contributed by atoms with van der Waals surface area (Å²) in [6.45, 7) is 0.126. The maximum Gasteiger partial charge on any atom is 0.288 e. The lowest BCUT2D eigenvalue weighted by Gasteiger charge is -2.08. The predicted octanol–water partition coefficient (Wildman–Crippen LogP) is 1.99. The van der Waals surface area contributed by atoms with Gasteiger partial charge in [0.2, 0.25) is 0 Å². The Balaban J connectivity index is 2.68. The molecule has 0 saturated carbocycles. The van der Waals surface area contributed by atoms with Crippen LogP contribution in [0.4, 0.5) is 8.78 Å². The number of thioether (sulfide) groups is 1. The summed E-state index contributed by atoms with van der Waals surface area (Å²) in [6, 6.07) is 6.29. The first-order valence-electron chi connectivity index (χ1n) is 4.06. The first-order chi connectivity index (χ1) is 6.63. The highest BCUT2D eigenvalue weighted by Crippen LogP contribution is 2.26. The number of nitrogens with two attached hydrogens (primary N) is 1. The summed E-state index contributed by atoms with van der Waals surface area (Å²) in [6.07, 6.45) is -0.722. The monoisotopic (exact) mass is 219 g/mol. The van der Waals surface area contributed by atoms with Gasteiger partial charge in [0.25, 0.3) is 5.76 Å². The number of rotatable bonds is 4. The van der Waals surface area contributed by atoms with E-state index in [1.54, 1.807) is 24.3 Å². The molecule has 1 rings (SSSR count). The van der Waals surface area contributed by atoms with Gasteiger partial charge in [-0.15, -0.1) is 0 Å². The van der Waals surface area contributed by atoms with Crippen LogP contribution in [0.3, 0.4) is 0 Å². The molecule has 0 saturated heterocycles. The van der Waals surface area contributed by atoms with Crippen LogP contribution in [0.25, 0.3) is 0 Å². The highest BCUT2D eigenvalue weighted by Gasteiger charge is 2.07. The van der Waals surface area contributed by atoms with Gasteiger partial charge in [-0.25, -0.2) is 0 Å². The van der Waals surface area contributed by atoms with E-state index in [0.717, 1.165) is 0 Å². The van der Waals surface area contributed by atoms with Crippen LogP contribution in [0.5, 0.6) is 0 Å². The molecule has 0 fully saturated rings.